The molecule has 1 aromatic carbocycles. The maximum atomic E-state index is 12.8. The first kappa shape index (κ1) is 17.0. The summed E-state index contributed by atoms with van der Waals surface area (Å²) >= 11 is 0. The van der Waals surface area contributed by atoms with Crippen LogP contribution >= 0.6 is 0 Å². The highest BCUT2D eigenvalue weighted by Gasteiger charge is 2.37. The number of alkyl halides is 3. The van der Waals surface area contributed by atoms with E-state index in [9.17, 15) is 21.6 Å². The van der Waals surface area contributed by atoms with E-state index < -0.39 is 39.2 Å². The van der Waals surface area contributed by atoms with E-state index in [1.54, 1.807) is 6.92 Å². The molecule has 0 amide bonds. The highest BCUT2D eigenvalue weighted by molar-refractivity contribution is 7.89. The zero-order chi connectivity index (χ0) is 15.6. The molecule has 10 heteroatoms. The maximum Gasteiger partial charge on any atom is 0.489 e. The van der Waals surface area contributed by atoms with Crippen molar-refractivity contribution in [1.82, 2.24) is 4.72 Å². The predicted octanol–water partition coefficient (Wildman–Crippen LogP) is 0.0735. The van der Waals surface area contributed by atoms with E-state index in [-0.39, 0.29) is 6.54 Å². The average molecular weight is 311 g/mol. The SMILES string of the molecule is CCCNS(=O)(=O)c1ccc(B(O)O)c(C(F)(F)F)c1. The summed E-state index contributed by atoms with van der Waals surface area (Å²) in [5, 5.41) is 17.8. The van der Waals surface area contributed by atoms with Crippen LogP contribution in [0.25, 0.3) is 0 Å². The van der Waals surface area contributed by atoms with Crippen LogP contribution < -0.4 is 10.2 Å². The van der Waals surface area contributed by atoms with Crippen LogP contribution in [0.2, 0.25) is 0 Å². The number of hydrogen-bond acceptors (Lipinski definition) is 4. The topological polar surface area (TPSA) is 86.6 Å². The molecular formula is C10H13BF3NO4S. The summed E-state index contributed by atoms with van der Waals surface area (Å²) in [6.07, 6.45) is -4.41. The lowest BCUT2D eigenvalue weighted by Gasteiger charge is -2.14. The lowest BCUT2D eigenvalue weighted by atomic mass is 9.77. The minimum atomic E-state index is -4.89. The molecule has 0 aliphatic heterocycles. The number of hydrogen-bond donors (Lipinski definition) is 3. The Hall–Kier alpha value is -1.10. The quantitative estimate of drug-likeness (QED) is 0.672. The van der Waals surface area contributed by atoms with Crippen molar-refractivity contribution in [2.24, 2.45) is 0 Å². The molecule has 0 saturated heterocycles. The molecular weight excluding hydrogens is 298 g/mol. The van der Waals surface area contributed by atoms with Crippen molar-refractivity contribution < 1.29 is 31.6 Å². The molecule has 0 heterocycles. The zero-order valence-corrected chi connectivity index (χ0v) is 11.3. The Labute approximate surface area is 114 Å². The summed E-state index contributed by atoms with van der Waals surface area (Å²) in [7, 11) is -6.40. The Balaban J connectivity index is 3.33. The monoisotopic (exact) mass is 311 g/mol. The van der Waals surface area contributed by atoms with Gasteiger partial charge in [-0.2, -0.15) is 13.2 Å². The minimum Gasteiger partial charge on any atom is -0.423 e. The molecule has 0 aromatic heterocycles. The summed E-state index contributed by atoms with van der Waals surface area (Å²) < 4.78 is 64.0. The van der Waals surface area contributed by atoms with Crippen LogP contribution in [0.4, 0.5) is 13.2 Å². The smallest absolute Gasteiger partial charge is 0.423 e. The van der Waals surface area contributed by atoms with E-state index in [1.165, 1.54) is 0 Å². The van der Waals surface area contributed by atoms with E-state index in [4.69, 9.17) is 10.0 Å². The van der Waals surface area contributed by atoms with Gasteiger partial charge in [-0.05, 0) is 24.0 Å². The van der Waals surface area contributed by atoms with Gasteiger partial charge >= 0.3 is 13.3 Å². The summed E-state index contributed by atoms with van der Waals surface area (Å²) in [6, 6.07) is 2.00. The molecule has 1 rings (SSSR count). The van der Waals surface area contributed by atoms with E-state index in [0.29, 0.717) is 12.5 Å². The molecule has 0 radical (unpaired) electrons. The van der Waals surface area contributed by atoms with Crippen molar-refractivity contribution >= 4 is 22.6 Å². The lowest BCUT2D eigenvalue weighted by molar-refractivity contribution is -0.137. The Morgan fingerprint density at radius 2 is 1.90 bits per heavy atom. The van der Waals surface area contributed by atoms with E-state index in [0.717, 1.165) is 12.1 Å². The molecule has 0 unspecified atom stereocenters. The normalized spacial score (nSPS) is 12.5. The van der Waals surface area contributed by atoms with E-state index in [2.05, 4.69) is 4.72 Å². The predicted molar refractivity (Wildman–Crippen MR) is 66.7 cm³/mol. The van der Waals surface area contributed by atoms with Gasteiger partial charge in [-0.1, -0.05) is 13.0 Å². The second-order valence-corrected chi connectivity index (χ2v) is 5.79. The van der Waals surface area contributed by atoms with Crippen molar-refractivity contribution in [2.75, 3.05) is 6.54 Å². The summed E-state index contributed by atoms with van der Waals surface area (Å²) in [6.45, 7) is 1.79. The van der Waals surface area contributed by atoms with Crippen molar-refractivity contribution in [2.45, 2.75) is 24.4 Å². The van der Waals surface area contributed by atoms with E-state index >= 15 is 0 Å². The molecule has 3 N–H and O–H groups in total. The largest absolute Gasteiger partial charge is 0.489 e. The highest BCUT2D eigenvalue weighted by Crippen LogP contribution is 2.29. The van der Waals surface area contributed by atoms with Crippen LogP contribution in [0.1, 0.15) is 18.9 Å². The van der Waals surface area contributed by atoms with Crippen molar-refractivity contribution in [3.05, 3.63) is 23.8 Å². The van der Waals surface area contributed by atoms with Gasteiger partial charge in [0.05, 0.1) is 10.5 Å². The number of benzene rings is 1. The molecule has 20 heavy (non-hydrogen) atoms. The van der Waals surface area contributed by atoms with Gasteiger partial charge in [0.2, 0.25) is 10.0 Å². The second kappa shape index (κ2) is 6.12. The summed E-state index contributed by atoms with van der Waals surface area (Å²) in [5.74, 6) is 0. The fourth-order valence-corrected chi connectivity index (χ4v) is 2.65. The molecule has 0 spiro atoms. The Morgan fingerprint density at radius 1 is 1.30 bits per heavy atom. The summed E-state index contributed by atoms with van der Waals surface area (Å²) in [5.41, 5.74) is -2.20. The van der Waals surface area contributed by atoms with Gasteiger partial charge in [-0.15, -0.1) is 0 Å². The molecule has 0 aliphatic carbocycles. The third-order valence-electron chi connectivity index (χ3n) is 2.46. The van der Waals surface area contributed by atoms with Gasteiger partial charge in [-0.3, -0.25) is 0 Å². The standard InChI is InChI=1S/C10H13BF3NO4S/c1-2-5-15-20(18,19)7-3-4-9(11(16)17)8(6-7)10(12,13)14/h3-4,6,15-17H,2,5H2,1H3. The molecule has 0 saturated carbocycles. The maximum absolute atomic E-state index is 12.8. The average Bonchev–Trinajstić information content (AvgIpc) is 2.34. The Morgan fingerprint density at radius 3 is 2.35 bits per heavy atom. The van der Waals surface area contributed by atoms with Gasteiger partial charge < -0.3 is 10.0 Å². The van der Waals surface area contributed by atoms with Gasteiger partial charge in [0.1, 0.15) is 0 Å². The molecule has 0 bridgehead atoms. The third kappa shape index (κ3) is 3.95. The molecule has 112 valence electrons. The fourth-order valence-electron chi connectivity index (χ4n) is 1.49. The highest BCUT2D eigenvalue weighted by atomic mass is 32.2. The van der Waals surface area contributed by atoms with Crippen molar-refractivity contribution in [3.8, 4) is 0 Å². The van der Waals surface area contributed by atoms with Gasteiger partial charge in [0.25, 0.3) is 0 Å². The number of sulfonamides is 1. The van der Waals surface area contributed by atoms with Gasteiger partial charge in [0, 0.05) is 6.54 Å². The van der Waals surface area contributed by atoms with Gasteiger partial charge in [-0.25, -0.2) is 13.1 Å². The lowest BCUT2D eigenvalue weighted by Crippen LogP contribution is -2.36. The second-order valence-electron chi connectivity index (χ2n) is 4.02. The van der Waals surface area contributed by atoms with Crippen LogP contribution in [-0.4, -0.2) is 32.1 Å². The Bertz CT molecular complexity index is 574. The fraction of sp³-hybridized carbons (Fsp3) is 0.400. The zero-order valence-electron chi connectivity index (χ0n) is 10.5. The summed E-state index contributed by atoms with van der Waals surface area (Å²) in [4.78, 5) is -0.581. The molecule has 5 nitrogen and oxygen atoms in total. The molecule has 0 aliphatic rings. The first-order valence-corrected chi connectivity index (χ1v) is 7.15. The van der Waals surface area contributed by atoms with E-state index in [1.807, 2.05) is 0 Å². The van der Waals surface area contributed by atoms with Crippen molar-refractivity contribution in [3.63, 3.8) is 0 Å². The molecule has 1 aromatic rings. The number of rotatable bonds is 5. The minimum absolute atomic E-state index is 0.0913. The number of halogens is 3. The van der Waals surface area contributed by atoms with Crippen LogP contribution in [0.3, 0.4) is 0 Å². The van der Waals surface area contributed by atoms with Gasteiger partial charge in [0.15, 0.2) is 0 Å². The first-order valence-electron chi connectivity index (χ1n) is 5.66. The van der Waals surface area contributed by atoms with Crippen LogP contribution in [0.15, 0.2) is 23.1 Å². The van der Waals surface area contributed by atoms with Crippen molar-refractivity contribution in [1.29, 1.82) is 0 Å². The van der Waals surface area contributed by atoms with Crippen LogP contribution in [0, 0.1) is 0 Å². The Kier molecular flexibility index (Phi) is 5.19. The first-order chi connectivity index (χ1) is 9.09. The third-order valence-corrected chi connectivity index (χ3v) is 3.92. The van der Waals surface area contributed by atoms with Crippen LogP contribution in [-0.2, 0) is 16.2 Å². The number of nitrogens with one attached hydrogen (secondary N) is 1. The van der Waals surface area contributed by atoms with Crippen LogP contribution in [0.5, 0.6) is 0 Å². The molecule has 0 atom stereocenters. The molecule has 0 fully saturated rings.